The summed E-state index contributed by atoms with van der Waals surface area (Å²) in [6.45, 7) is 0.330. The second-order valence-corrected chi connectivity index (χ2v) is 8.21. The third kappa shape index (κ3) is 6.10. The minimum atomic E-state index is -0.220. The van der Waals surface area contributed by atoms with Gasteiger partial charge in [0.25, 0.3) is 5.91 Å². The van der Waals surface area contributed by atoms with E-state index in [1.54, 1.807) is 0 Å². The molecular formula is C17H15BrN4O2S2. The van der Waals surface area contributed by atoms with Crippen LogP contribution in [0.3, 0.4) is 0 Å². The summed E-state index contributed by atoms with van der Waals surface area (Å²) in [5.41, 5.74) is 4.34. The second kappa shape index (κ2) is 9.67. The summed E-state index contributed by atoms with van der Waals surface area (Å²) >= 11 is 6.13. The highest BCUT2D eigenvalue weighted by atomic mass is 79.9. The molecule has 3 aromatic rings. The van der Waals surface area contributed by atoms with Gasteiger partial charge in [-0.1, -0.05) is 75.4 Å². The first-order valence-corrected chi connectivity index (χ1v) is 10.2. The van der Waals surface area contributed by atoms with Crippen molar-refractivity contribution in [3.8, 4) is 0 Å². The molecule has 26 heavy (non-hydrogen) atoms. The van der Waals surface area contributed by atoms with Crippen LogP contribution in [0.2, 0.25) is 0 Å². The number of carbonyl (C=O) groups is 1. The van der Waals surface area contributed by atoms with Gasteiger partial charge in [0.2, 0.25) is 5.13 Å². The number of carbonyl (C=O) groups excluding carboxylic acids is 1. The molecule has 0 radical (unpaired) electrons. The van der Waals surface area contributed by atoms with Gasteiger partial charge in [0, 0.05) is 10.2 Å². The van der Waals surface area contributed by atoms with E-state index in [9.17, 15) is 4.79 Å². The van der Waals surface area contributed by atoms with E-state index < -0.39 is 0 Å². The standard InChI is InChI=1S/C17H15BrN4O2S2/c18-13-7-4-8-14(9-13)19-16-20-21-17(26-16)25-11-15(23)22-24-10-12-5-2-1-3-6-12/h1-9H,10-11H2,(H,19,20)(H,22,23). The van der Waals surface area contributed by atoms with Gasteiger partial charge in [0.05, 0.1) is 12.4 Å². The topological polar surface area (TPSA) is 76.1 Å². The Balaban J connectivity index is 1.40. The molecule has 0 saturated heterocycles. The smallest absolute Gasteiger partial charge is 0.253 e. The van der Waals surface area contributed by atoms with E-state index in [0.717, 1.165) is 15.7 Å². The normalized spacial score (nSPS) is 10.5. The summed E-state index contributed by atoms with van der Waals surface area (Å²) in [4.78, 5) is 17.0. The van der Waals surface area contributed by atoms with E-state index in [4.69, 9.17) is 4.84 Å². The number of aromatic nitrogens is 2. The summed E-state index contributed by atoms with van der Waals surface area (Å²) in [7, 11) is 0. The molecule has 3 rings (SSSR count). The predicted molar refractivity (Wildman–Crippen MR) is 107 cm³/mol. The van der Waals surface area contributed by atoms with Crippen LogP contribution < -0.4 is 10.8 Å². The zero-order valence-electron chi connectivity index (χ0n) is 13.5. The van der Waals surface area contributed by atoms with Crippen LogP contribution in [0, 0.1) is 0 Å². The number of nitrogens with one attached hydrogen (secondary N) is 2. The highest BCUT2D eigenvalue weighted by molar-refractivity contribution is 9.10. The van der Waals surface area contributed by atoms with Crippen LogP contribution in [0.5, 0.6) is 0 Å². The molecular weight excluding hydrogens is 436 g/mol. The van der Waals surface area contributed by atoms with Crippen molar-refractivity contribution in [1.29, 1.82) is 0 Å². The monoisotopic (exact) mass is 450 g/mol. The Kier molecular flexibility index (Phi) is 7.01. The Bertz CT molecular complexity index is 861. The van der Waals surface area contributed by atoms with Gasteiger partial charge in [0.1, 0.15) is 0 Å². The van der Waals surface area contributed by atoms with Gasteiger partial charge in [0.15, 0.2) is 4.34 Å². The highest BCUT2D eigenvalue weighted by Gasteiger charge is 2.09. The van der Waals surface area contributed by atoms with Gasteiger partial charge < -0.3 is 5.32 Å². The molecule has 1 aromatic heterocycles. The predicted octanol–water partition coefficient (Wildman–Crippen LogP) is 4.38. The number of amides is 1. The zero-order valence-corrected chi connectivity index (χ0v) is 16.7. The number of hydrogen-bond acceptors (Lipinski definition) is 7. The lowest BCUT2D eigenvalue weighted by Crippen LogP contribution is -2.25. The van der Waals surface area contributed by atoms with Crippen molar-refractivity contribution in [3.05, 3.63) is 64.6 Å². The molecule has 6 nitrogen and oxygen atoms in total. The summed E-state index contributed by atoms with van der Waals surface area (Å²) < 4.78 is 1.69. The lowest BCUT2D eigenvalue weighted by Gasteiger charge is -2.04. The fraction of sp³-hybridized carbons (Fsp3) is 0.118. The first-order chi connectivity index (χ1) is 12.7. The quantitative estimate of drug-likeness (QED) is 0.391. The van der Waals surface area contributed by atoms with E-state index >= 15 is 0 Å². The van der Waals surface area contributed by atoms with Gasteiger partial charge in [-0.15, -0.1) is 10.2 Å². The van der Waals surface area contributed by atoms with E-state index in [1.165, 1.54) is 23.1 Å². The zero-order chi connectivity index (χ0) is 18.2. The van der Waals surface area contributed by atoms with Crippen molar-refractivity contribution in [2.45, 2.75) is 10.9 Å². The Morgan fingerprint density at radius 2 is 2.00 bits per heavy atom. The molecule has 0 aliphatic carbocycles. The molecule has 1 amide bonds. The van der Waals surface area contributed by atoms with Crippen LogP contribution in [-0.2, 0) is 16.2 Å². The summed E-state index contributed by atoms with van der Waals surface area (Å²) in [6.07, 6.45) is 0. The summed E-state index contributed by atoms with van der Waals surface area (Å²) in [6, 6.07) is 17.4. The largest absolute Gasteiger partial charge is 0.330 e. The molecule has 0 spiro atoms. The fourth-order valence-electron chi connectivity index (χ4n) is 1.94. The fourth-order valence-corrected chi connectivity index (χ4v) is 3.90. The van der Waals surface area contributed by atoms with Crippen LogP contribution in [0.15, 0.2) is 63.4 Å². The van der Waals surface area contributed by atoms with Gasteiger partial charge in [-0.2, -0.15) is 0 Å². The van der Waals surface area contributed by atoms with Crippen LogP contribution in [0.1, 0.15) is 5.56 Å². The first kappa shape index (κ1) is 18.8. The SMILES string of the molecule is O=C(CSc1nnc(Nc2cccc(Br)c2)s1)NOCc1ccccc1. The van der Waals surface area contributed by atoms with Gasteiger partial charge in [-0.25, -0.2) is 5.48 Å². The molecule has 0 aliphatic heterocycles. The molecule has 0 fully saturated rings. The Morgan fingerprint density at radius 1 is 1.15 bits per heavy atom. The minimum absolute atomic E-state index is 0.209. The van der Waals surface area contributed by atoms with Crippen molar-refractivity contribution in [1.82, 2.24) is 15.7 Å². The maximum Gasteiger partial charge on any atom is 0.253 e. The number of thioether (sulfide) groups is 1. The van der Waals surface area contributed by atoms with Crippen LogP contribution in [0.25, 0.3) is 0 Å². The number of benzene rings is 2. The van der Waals surface area contributed by atoms with Crippen LogP contribution in [-0.4, -0.2) is 21.9 Å². The average molecular weight is 451 g/mol. The van der Waals surface area contributed by atoms with Crippen molar-refractivity contribution in [3.63, 3.8) is 0 Å². The van der Waals surface area contributed by atoms with E-state index in [1.807, 2.05) is 54.6 Å². The van der Waals surface area contributed by atoms with Crippen LogP contribution in [0.4, 0.5) is 10.8 Å². The number of halogens is 1. The molecule has 2 N–H and O–H groups in total. The Hall–Kier alpha value is -1.94. The molecule has 0 atom stereocenters. The molecule has 0 saturated carbocycles. The number of hydroxylamine groups is 1. The van der Waals surface area contributed by atoms with Gasteiger partial charge in [-0.3, -0.25) is 9.63 Å². The number of nitrogens with zero attached hydrogens (tertiary/aromatic N) is 2. The van der Waals surface area contributed by atoms with E-state index in [0.29, 0.717) is 16.1 Å². The maximum atomic E-state index is 11.8. The van der Waals surface area contributed by atoms with Crippen molar-refractivity contribution in [2.75, 3.05) is 11.1 Å². The Labute approximate surface area is 167 Å². The molecule has 1 heterocycles. The molecule has 134 valence electrons. The summed E-state index contributed by atoms with van der Waals surface area (Å²) in [5.74, 6) is -0.0111. The minimum Gasteiger partial charge on any atom is -0.330 e. The average Bonchev–Trinajstić information content (AvgIpc) is 3.08. The highest BCUT2D eigenvalue weighted by Crippen LogP contribution is 2.28. The Morgan fingerprint density at radius 3 is 2.81 bits per heavy atom. The van der Waals surface area contributed by atoms with Crippen molar-refractivity contribution in [2.24, 2.45) is 0 Å². The van der Waals surface area contributed by atoms with Gasteiger partial charge in [-0.05, 0) is 23.8 Å². The third-order valence-electron chi connectivity index (χ3n) is 3.08. The first-order valence-electron chi connectivity index (χ1n) is 7.62. The molecule has 0 bridgehead atoms. The third-order valence-corrected chi connectivity index (χ3v) is 5.54. The number of anilines is 2. The number of hydrogen-bond donors (Lipinski definition) is 2. The lowest BCUT2D eigenvalue weighted by molar-refractivity contribution is -0.131. The molecule has 0 aliphatic rings. The summed E-state index contributed by atoms with van der Waals surface area (Å²) in [5, 5.41) is 12.0. The van der Waals surface area contributed by atoms with Crippen molar-refractivity contribution >= 4 is 55.8 Å². The van der Waals surface area contributed by atoms with E-state index in [-0.39, 0.29) is 11.7 Å². The molecule has 0 unspecified atom stereocenters. The molecule has 2 aromatic carbocycles. The van der Waals surface area contributed by atoms with E-state index in [2.05, 4.69) is 36.9 Å². The number of rotatable bonds is 8. The van der Waals surface area contributed by atoms with Crippen LogP contribution >= 0.6 is 39.0 Å². The van der Waals surface area contributed by atoms with Gasteiger partial charge >= 0.3 is 0 Å². The van der Waals surface area contributed by atoms with Crippen molar-refractivity contribution < 1.29 is 9.63 Å². The maximum absolute atomic E-state index is 11.8. The lowest BCUT2D eigenvalue weighted by atomic mass is 10.2. The molecule has 9 heteroatoms. The second-order valence-electron chi connectivity index (χ2n) is 5.10.